The van der Waals surface area contributed by atoms with Gasteiger partial charge in [-0.3, -0.25) is 0 Å². The molecule has 1 heteroatoms. The first-order valence-corrected chi connectivity index (χ1v) is 7.92. The van der Waals surface area contributed by atoms with Crippen molar-refractivity contribution in [3.63, 3.8) is 0 Å². The lowest BCUT2D eigenvalue weighted by atomic mass is 9.75. The van der Waals surface area contributed by atoms with Crippen LogP contribution in [0.25, 0.3) is 0 Å². The smallest absolute Gasteiger partial charge is 0.123 e. The van der Waals surface area contributed by atoms with Crippen LogP contribution in [0.15, 0.2) is 12.1 Å². The quantitative estimate of drug-likeness (QED) is 0.727. The van der Waals surface area contributed by atoms with E-state index in [1.54, 1.807) is 0 Å². The Balaban J connectivity index is 3.59. The summed E-state index contributed by atoms with van der Waals surface area (Å²) in [6.07, 6.45) is 2.15. The SMILES string of the molecule is CCC(C)c1cc(C(C)(C)C)c(O)c(C(C)(C)CC)c1. The van der Waals surface area contributed by atoms with E-state index in [1.165, 1.54) is 5.56 Å². The van der Waals surface area contributed by atoms with E-state index in [0.29, 0.717) is 11.7 Å². The van der Waals surface area contributed by atoms with Crippen LogP contribution >= 0.6 is 0 Å². The number of rotatable bonds is 4. The fourth-order valence-electron chi connectivity index (χ4n) is 2.46. The van der Waals surface area contributed by atoms with Crippen LogP contribution in [0.5, 0.6) is 5.75 Å². The molecule has 0 aromatic heterocycles. The van der Waals surface area contributed by atoms with E-state index in [1.807, 2.05) is 0 Å². The summed E-state index contributed by atoms with van der Waals surface area (Å²) >= 11 is 0. The molecule has 0 aliphatic rings. The molecule has 0 spiro atoms. The first-order chi connectivity index (χ1) is 9.04. The number of aromatic hydroxyl groups is 1. The molecule has 0 radical (unpaired) electrons. The van der Waals surface area contributed by atoms with Crippen LogP contribution in [0.2, 0.25) is 0 Å². The molecule has 1 N–H and O–H groups in total. The monoisotopic (exact) mass is 276 g/mol. The molecule has 0 fully saturated rings. The Morgan fingerprint density at radius 2 is 1.50 bits per heavy atom. The highest BCUT2D eigenvalue weighted by molar-refractivity contribution is 5.50. The molecule has 0 bridgehead atoms. The summed E-state index contributed by atoms with van der Waals surface area (Å²) in [6.45, 7) is 17.6. The lowest BCUT2D eigenvalue weighted by Gasteiger charge is -2.30. The molecule has 1 atom stereocenters. The molecular formula is C19H32O. The Morgan fingerprint density at radius 3 is 1.90 bits per heavy atom. The molecule has 1 rings (SSSR count). The lowest BCUT2D eigenvalue weighted by Crippen LogP contribution is -2.20. The molecule has 1 nitrogen and oxygen atoms in total. The van der Waals surface area contributed by atoms with E-state index in [4.69, 9.17) is 0 Å². The summed E-state index contributed by atoms with van der Waals surface area (Å²) in [4.78, 5) is 0. The molecule has 114 valence electrons. The molecule has 0 aliphatic carbocycles. The van der Waals surface area contributed by atoms with E-state index in [0.717, 1.165) is 24.0 Å². The minimum Gasteiger partial charge on any atom is -0.507 e. The van der Waals surface area contributed by atoms with E-state index in [-0.39, 0.29) is 10.8 Å². The Bertz CT molecular complexity index is 463. The normalized spacial score (nSPS) is 14.4. The number of hydrogen-bond donors (Lipinski definition) is 1. The van der Waals surface area contributed by atoms with Crippen LogP contribution < -0.4 is 0 Å². The second-order valence-electron chi connectivity index (χ2n) is 7.76. The highest BCUT2D eigenvalue weighted by Gasteiger charge is 2.28. The Morgan fingerprint density at radius 1 is 1.00 bits per heavy atom. The van der Waals surface area contributed by atoms with Gasteiger partial charge in [-0.05, 0) is 40.7 Å². The number of benzene rings is 1. The maximum Gasteiger partial charge on any atom is 0.123 e. The second-order valence-corrected chi connectivity index (χ2v) is 7.76. The molecule has 0 saturated heterocycles. The first-order valence-electron chi connectivity index (χ1n) is 7.92. The van der Waals surface area contributed by atoms with Crippen LogP contribution in [-0.4, -0.2) is 5.11 Å². The summed E-state index contributed by atoms with van der Waals surface area (Å²) in [6, 6.07) is 4.43. The maximum absolute atomic E-state index is 10.8. The van der Waals surface area contributed by atoms with E-state index >= 15 is 0 Å². The largest absolute Gasteiger partial charge is 0.507 e. The van der Waals surface area contributed by atoms with Gasteiger partial charge in [0.05, 0.1) is 0 Å². The summed E-state index contributed by atoms with van der Waals surface area (Å²) in [5, 5.41) is 10.8. The molecule has 0 heterocycles. The summed E-state index contributed by atoms with van der Waals surface area (Å²) in [5.74, 6) is 1.03. The van der Waals surface area contributed by atoms with Gasteiger partial charge in [0.1, 0.15) is 5.75 Å². The van der Waals surface area contributed by atoms with Crippen molar-refractivity contribution in [1.29, 1.82) is 0 Å². The van der Waals surface area contributed by atoms with E-state index in [2.05, 4.69) is 67.5 Å². The second kappa shape index (κ2) is 5.79. The molecule has 1 aromatic carbocycles. The van der Waals surface area contributed by atoms with Gasteiger partial charge in [0.15, 0.2) is 0 Å². The molecule has 0 saturated carbocycles. The van der Waals surface area contributed by atoms with Gasteiger partial charge < -0.3 is 5.11 Å². The maximum atomic E-state index is 10.8. The topological polar surface area (TPSA) is 20.2 Å². The zero-order valence-electron chi connectivity index (χ0n) is 14.6. The van der Waals surface area contributed by atoms with Crippen molar-refractivity contribution in [2.24, 2.45) is 0 Å². The average molecular weight is 276 g/mol. The third kappa shape index (κ3) is 3.37. The zero-order valence-corrected chi connectivity index (χ0v) is 14.6. The van der Waals surface area contributed by atoms with Crippen molar-refractivity contribution in [1.82, 2.24) is 0 Å². The summed E-state index contributed by atoms with van der Waals surface area (Å²) in [5.41, 5.74) is 3.50. The van der Waals surface area contributed by atoms with Gasteiger partial charge in [-0.2, -0.15) is 0 Å². The highest BCUT2D eigenvalue weighted by Crippen LogP contribution is 2.42. The van der Waals surface area contributed by atoms with Gasteiger partial charge in [0.2, 0.25) is 0 Å². The molecule has 20 heavy (non-hydrogen) atoms. The fraction of sp³-hybridized carbons (Fsp3) is 0.684. The standard InChI is InChI=1S/C19H32O/c1-9-13(3)14-11-15(18(4,5)6)17(20)16(12-14)19(7,8)10-2/h11-13,20H,9-10H2,1-8H3. The zero-order chi connectivity index (χ0) is 15.7. The van der Waals surface area contributed by atoms with Crippen molar-refractivity contribution in [3.05, 3.63) is 28.8 Å². The lowest BCUT2D eigenvalue weighted by molar-refractivity contribution is 0.409. The molecule has 0 aliphatic heterocycles. The van der Waals surface area contributed by atoms with Crippen molar-refractivity contribution in [3.8, 4) is 5.75 Å². The predicted molar refractivity (Wildman–Crippen MR) is 88.8 cm³/mol. The van der Waals surface area contributed by atoms with Gasteiger partial charge in [-0.15, -0.1) is 0 Å². The third-order valence-electron chi connectivity index (χ3n) is 4.73. The first kappa shape index (κ1) is 17.1. The van der Waals surface area contributed by atoms with Crippen LogP contribution in [0.3, 0.4) is 0 Å². The minimum atomic E-state index is -0.0356. The van der Waals surface area contributed by atoms with Crippen molar-refractivity contribution >= 4 is 0 Å². The Kier molecular flexibility index (Phi) is 4.94. The van der Waals surface area contributed by atoms with Crippen LogP contribution in [0.4, 0.5) is 0 Å². The Labute approximate surface area is 125 Å². The molecule has 0 amide bonds. The summed E-state index contributed by atoms with van der Waals surface area (Å²) < 4.78 is 0. The minimum absolute atomic E-state index is 0.00749. The number of phenols is 1. The average Bonchev–Trinajstić information content (AvgIpc) is 2.36. The fourth-order valence-corrected chi connectivity index (χ4v) is 2.46. The van der Waals surface area contributed by atoms with Gasteiger partial charge in [-0.25, -0.2) is 0 Å². The van der Waals surface area contributed by atoms with E-state index in [9.17, 15) is 5.11 Å². The Hall–Kier alpha value is -0.980. The third-order valence-corrected chi connectivity index (χ3v) is 4.73. The van der Waals surface area contributed by atoms with Crippen molar-refractivity contribution in [2.75, 3.05) is 0 Å². The molecule has 1 aromatic rings. The number of phenolic OH excluding ortho intramolecular Hbond substituents is 1. The van der Waals surface area contributed by atoms with Crippen LogP contribution in [-0.2, 0) is 10.8 Å². The van der Waals surface area contributed by atoms with Gasteiger partial charge in [0, 0.05) is 5.56 Å². The predicted octanol–water partition coefficient (Wildman–Crippen LogP) is 5.89. The van der Waals surface area contributed by atoms with Gasteiger partial charge in [-0.1, -0.05) is 67.5 Å². The highest BCUT2D eigenvalue weighted by atomic mass is 16.3. The van der Waals surface area contributed by atoms with Gasteiger partial charge in [0.25, 0.3) is 0 Å². The molecular weight excluding hydrogens is 244 g/mol. The van der Waals surface area contributed by atoms with Crippen LogP contribution in [0, 0.1) is 0 Å². The van der Waals surface area contributed by atoms with Crippen molar-refractivity contribution < 1.29 is 5.11 Å². The van der Waals surface area contributed by atoms with Gasteiger partial charge >= 0.3 is 0 Å². The summed E-state index contributed by atoms with van der Waals surface area (Å²) in [7, 11) is 0. The molecule has 1 unspecified atom stereocenters. The van der Waals surface area contributed by atoms with Crippen LogP contribution in [0.1, 0.15) is 90.8 Å². The number of hydrogen-bond acceptors (Lipinski definition) is 1. The van der Waals surface area contributed by atoms with Crippen molar-refractivity contribution in [2.45, 2.75) is 85.0 Å². The van der Waals surface area contributed by atoms with E-state index < -0.39 is 0 Å².